The van der Waals surface area contributed by atoms with Gasteiger partial charge < -0.3 is 25.2 Å². The summed E-state index contributed by atoms with van der Waals surface area (Å²) in [6.07, 6.45) is 40.5. The van der Waals surface area contributed by atoms with Gasteiger partial charge in [-0.1, -0.05) is 153 Å². The van der Waals surface area contributed by atoms with Crippen LogP contribution < -0.4 is 5.73 Å². The van der Waals surface area contributed by atoms with Gasteiger partial charge in [0.2, 0.25) is 0 Å². The highest BCUT2D eigenvalue weighted by molar-refractivity contribution is 7.47. The van der Waals surface area contributed by atoms with Crippen molar-refractivity contribution in [2.24, 2.45) is 17.6 Å². The number of unbranched alkanes of at least 4 members (excludes halogenated alkanes) is 18. The van der Waals surface area contributed by atoms with E-state index in [0.717, 1.165) is 38.5 Å². The van der Waals surface area contributed by atoms with E-state index in [4.69, 9.17) is 24.3 Å². The second-order valence-corrected chi connectivity index (χ2v) is 17.4. The summed E-state index contributed by atoms with van der Waals surface area (Å²) in [4.78, 5) is 47.5. The van der Waals surface area contributed by atoms with Crippen molar-refractivity contribution < 1.29 is 47.5 Å². The summed E-state index contributed by atoms with van der Waals surface area (Å²) in [6, 6.07) is 0. The Kier molecular flexibility index (Phi) is 34.6. The van der Waals surface area contributed by atoms with Crippen molar-refractivity contribution in [2.75, 3.05) is 26.4 Å². The van der Waals surface area contributed by atoms with Crippen LogP contribution in [0.3, 0.4) is 0 Å². The van der Waals surface area contributed by atoms with Crippen molar-refractivity contribution in [2.45, 2.75) is 193 Å². The maximum absolute atomic E-state index is 12.6. The van der Waals surface area contributed by atoms with Gasteiger partial charge in [-0.2, -0.15) is 0 Å². The number of phosphoric acid groups is 1. The third-order valence-electron chi connectivity index (χ3n) is 10.4. The van der Waals surface area contributed by atoms with Gasteiger partial charge in [0, 0.05) is 25.3 Å². The Labute approximate surface area is 357 Å². The van der Waals surface area contributed by atoms with E-state index in [-0.39, 0.29) is 50.2 Å². The molecule has 0 bridgehead atoms. The molecule has 0 fully saturated rings. The monoisotopic (exact) mass is 852 g/mol. The lowest BCUT2D eigenvalue weighted by Gasteiger charge is -2.19. The second-order valence-electron chi connectivity index (χ2n) is 15.9. The van der Waals surface area contributed by atoms with Crippen molar-refractivity contribution in [3.05, 3.63) is 48.6 Å². The number of aliphatic hydroxyl groups excluding tert-OH is 1. The van der Waals surface area contributed by atoms with E-state index in [9.17, 15) is 28.9 Å². The number of rotatable bonds is 40. The van der Waals surface area contributed by atoms with Gasteiger partial charge in [-0.25, -0.2) is 4.57 Å². The van der Waals surface area contributed by atoms with Crippen molar-refractivity contribution in [3.63, 3.8) is 0 Å². The van der Waals surface area contributed by atoms with Gasteiger partial charge in [-0.05, 0) is 69.8 Å². The minimum absolute atomic E-state index is 0.0236. The van der Waals surface area contributed by atoms with E-state index in [1.165, 1.54) is 83.5 Å². The molecule has 0 aromatic carbocycles. The minimum Gasteiger partial charge on any atom is -0.462 e. The van der Waals surface area contributed by atoms with Gasteiger partial charge in [-0.15, -0.1) is 0 Å². The molecular formula is C47H82NO10P. The molecule has 0 saturated carbocycles. The molecule has 0 aromatic rings. The highest BCUT2D eigenvalue weighted by Gasteiger charge is 2.27. The van der Waals surface area contributed by atoms with Crippen LogP contribution in [-0.2, 0) is 37.5 Å². The minimum atomic E-state index is -4.43. The SMILES string of the molecule is CCCCCCCC/C=C\CCCCCCCCCCCC(=O)O[C@H](COC(=O)CCC/C=C\C[C@H]1C=CC(=O)[C@@H]1/C=C/[C@@H](O)CCCCC)COP(=O)(O)OCCN. The Hall–Kier alpha value is -2.40. The molecule has 12 heteroatoms. The van der Waals surface area contributed by atoms with Gasteiger partial charge >= 0.3 is 19.8 Å². The summed E-state index contributed by atoms with van der Waals surface area (Å²) < 4.78 is 32.8. The van der Waals surface area contributed by atoms with Crippen LogP contribution in [0.2, 0.25) is 0 Å². The number of allylic oxidation sites excluding steroid dienone is 7. The van der Waals surface area contributed by atoms with Gasteiger partial charge in [0.15, 0.2) is 11.9 Å². The molecule has 11 nitrogen and oxygen atoms in total. The molecule has 0 spiro atoms. The van der Waals surface area contributed by atoms with E-state index in [2.05, 4.69) is 26.0 Å². The molecule has 1 aliphatic rings. The summed E-state index contributed by atoms with van der Waals surface area (Å²) in [7, 11) is -4.43. The van der Waals surface area contributed by atoms with Crippen LogP contribution in [0.25, 0.3) is 0 Å². The third kappa shape index (κ3) is 32.0. The summed E-state index contributed by atoms with van der Waals surface area (Å²) in [6.45, 7) is 3.41. The fraction of sp³-hybridized carbons (Fsp3) is 0.766. The van der Waals surface area contributed by atoms with Crippen molar-refractivity contribution >= 4 is 25.5 Å². The Morgan fingerprint density at radius 1 is 0.746 bits per heavy atom. The fourth-order valence-electron chi connectivity index (χ4n) is 6.85. The van der Waals surface area contributed by atoms with Crippen LogP contribution in [0.15, 0.2) is 48.6 Å². The van der Waals surface area contributed by atoms with Crippen LogP contribution in [-0.4, -0.2) is 66.3 Å². The topological polar surface area (TPSA) is 172 Å². The smallest absolute Gasteiger partial charge is 0.462 e. The zero-order chi connectivity index (χ0) is 43.2. The average Bonchev–Trinajstić information content (AvgIpc) is 3.57. The van der Waals surface area contributed by atoms with Crippen LogP contribution in [0.5, 0.6) is 0 Å². The fourth-order valence-corrected chi connectivity index (χ4v) is 7.62. The van der Waals surface area contributed by atoms with Crippen LogP contribution >= 0.6 is 7.82 Å². The summed E-state index contributed by atoms with van der Waals surface area (Å²) in [5.41, 5.74) is 5.35. The molecule has 59 heavy (non-hydrogen) atoms. The lowest BCUT2D eigenvalue weighted by molar-refractivity contribution is -0.161. The van der Waals surface area contributed by atoms with Crippen LogP contribution in [0.4, 0.5) is 0 Å². The van der Waals surface area contributed by atoms with Gasteiger partial charge in [-0.3, -0.25) is 23.4 Å². The van der Waals surface area contributed by atoms with Crippen LogP contribution in [0, 0.1) is 11.8 Å². The third-order valence-corrected chi connectivity index (χ3v) is 11.4. The highest BCUT2D eigenvalue weighted by atomic mass is 31.2. The molecule has 0 aromatic heterocycles. The number of hydrogen-bond donors (Lipinski definition) is 3. The zero-order valence-electron chi connectivity index (χ0n) is 36.8. The molecular weight excluding hydrogens is 769 g/mol. The molecule has 0 aliphatic heterocycles. The predicted molar refractivity (Wildman–Crippen MR) is 238 cm³/mol. The van der Waals surface area contributed by atoms with E-state index >= 15 is 0 Å². The molecule has 4 N–H and O–H groups in total. The molecule has 1 rings (SSSR count). The first-order valence-electron chi connectivity index (χ1n) is 23.2. The van der Waals surface area contributed by atoms with Crippen molar-refractivity contribution in [1.82, 2.24) is 0 Å². The van der Waals surface area contributed by atoms with Crippen molar-refractivity contribution in [3.8, 4) is 0 Å². The van der Waals surface area contributed by atoms with E-state index in [0.29, 0.717) is 32.1 Å². The number of aliphatic hydroxyl groups is 1. The zero-order valence-corrected chi connectivity index (χ0v) is 37.7. The Bertz CT molecular complexity index is 1250. The first kappa shape index (κ1) is 54.6. The number of hydrogen-bond acceptors (Lipinski definition) is 10. The van der Waals surface area contributed by atoms with Gasteiger partial charge in [0.05, 0.1) is 19.3 Å². The molecule has 0 heterocycles. The molecule has 0 saturated heterocycles. The summed E-state index contributed by atoms with van der Waals surface area (Å²) in [5.74, 6) is -1.19. The normalized spacial score (nSPS) is 17.7. The van der Waals surface area contributed by atoms with Gasteiger partial charge in [0.1, 0.15) is 6.61 Å². The average molecular weight is 852 g/mol. The molecule has 1 aliphatic carbocycles. The number of carbonyl (C=O) groups excluding carboxylic acids is 3. The first-order valence-corrected chi connectivity index (χ1v) is 24.7. The largest absolute Gasteiger partial charge is 0.472 e. The Morgan fingerprint density at radius 2 is 1.31 bits per heavy atom. The van der Waals surface area contributed by atoms with E-state index < -0.39 is 38.6 Å². The molecule has 1 unspecified atom stereocenters. The Morgan fingerprint density at radius 3 is 1.95 bits per heavy atom. The van der Waals surface area contributed by atoms with Gasteiger partial charge in [0.25, 0.3) is 0 Å². The number of ketones is 1. The maximum atomic E-state index is 12.6. The number of esters is 2. The highest BCUT2D eigenvalue weighted by Crippen LogP contribution is 2.43. The van der Waals surface area contributed by atoms with E-state index in [1.807, 2.05) is 24.3 Å². The number of phosphoric ester groups is 1. The van der Waals surface area contributed by atoms with E-state index in [1.54, 1.807) is 12.2 Å². The number of ether oxygens (including phenoxy) is 2. The number of nitrogens with two attached hydrogens (primary N) is 1. The lowest BCUT2D eigenvalue weighted by atomic mass is 9.90. The molecule has 0 amide bonds. The van der Waals surface area contributed by atoms with Crippen molar-refractivity contribution in [1.29, 1.82) is 0 Å². The Balaban J connectivity index is 2.31. The lowest BCUT2D eigenvalue weighted by Crippen LogP contribution is -2.29. The quantitative estimate of drug-likeness (QED) is 0.0232. The number of carbonyl (C=O) groups is 3. The molecule has 340 valence electrons. The standard InChI is InChI=1S/C47H82NO10P/c1-3-5-7-8-9-10-11-12-13-14-15-16-17-18-19-20-21-22-28-32-47(52)58-43(40-57-59(53,54)56-38-37-48)39-55-46(51)31-27-24-23-26-29-41-33-36-45(50)44(41)35-34-42(49)30-25-6-4-2/h12-13,23,26,33-36,41-44,49H,3-11,14-22,24-25,27-32,37-40,48H2,1-2H3,(H,53,54)/b13-12-,26-23-,35-34+/t41-,42-,43+,44+/m0/s1. The second kappa shape index (κ2) is 37.4. The summed E-state index contributed by atoms with van der Waals surface area (Å²) in [5, 5.41) is 10.2. The first-order chi connectivity index (χ1) is 28.6. The maximum Gasteiger partial charge on any atom is 0.472 e. The summed E-state index contributed by atoms with van der Waals surface area (Å²) >= 11 is 0. The molecule has 5 atom stereocenters. The van der Waals surface area contributed by atoms with Crippen LogP contribution in [0.1, 0.15) is 181 Å². The molecule has 0 radical (unpaired) electrons. The predicted octanol–water partition coefficient (Wildman–Crippen LogP) is 11.1.